The highest BCUT2D eigenvalue weighted by atomic mass is 15.2. The van der Waals surface area contributed by atoms with Gasteiger partial charge in [0.2, 0.25) is 0 Å². The van der Waals surface area contributed by atoms with Crippen molar-refractivity contribution in [1.29, 1.82) is 5.26 Å². The molecule has 18 heavy (non-hydrogen) atoms. The summed E-state index contributed by atoms with van der Waals surface area (Å²) < 4.78 is 0. The highest BCUT2D eigenvalue weighted by Crippen LogP contribution is 2.16. The molecule has 5 nitrogen and oxygen atoms in total. The minimum absolute atomic E-state index is 0.386. The summed E-state index contributed by atoms with van der Waals surface area (Å²) in [5, 5.41) is 11.9. The maximum Gasteiger partial charge on any atom is 0.134 e. The van der Waals surface area contributed by atoms with Crippen molar-refractivity contribution in [1.82, 2.24) is 9.97 Å². The van der Waals surface area contributed by atoms with E-state index in [-0.39, 0.29) is 0 Å². The average molecular weight is 247 g/mol. The van der Waals surface area contributed by atoms with E-state index in [4.69, 9.17) is 5.26 Å². The lowest BCUT2D eigenvalue weighted by molar-refractivity contribution is 0.756. The van der Waals surface area contributed by atoms with E-state index < -0.39 is 0 Å². The lowest BCUT2D eigenvalue weighted by Gasteiger charge is -2.19. The largest absolute Gasteiger partial charge is 0.367 e. The molecule has 0 aliphatic rings. The number of nitriles is 1. The van der Waals surface area contributed by atoms with Crippen molar-refractivity contribution >= 4 is 11.6 Å². The molecule has 98 valence electrons. The van der Waals surface area contributed by atoms with Gasteiger partial charge in [0, 0.05) is 25.7 Å². The van der Waals surface area contributed by atoms with Crippen molar-refractivity contribution in [3.8, 4) is 6.07 Å². The monoisotopic (exact) mass is 247 g/mol. The van der Waals surface area contributed by atoms with Gasteiger partial charge in [-0.1, -0.05) is 6.92 Å². The molecule has 0 amide bonds. The van der Waals surface area contributed by atoms with Gasteiger partial charge in [0.05, 0.1) is 12.5 Å². The van der Waals surface area contributed by atoms with Crippen molar-refractivity contribution in [2.45, 2.75) is 39.7 Å². The zero-order chi connectivity index (χ0) is 13.5. The lowest BCUT2D eigenvalue weighted by Crippen LogP contribution is -2.21. The molecule has 0 saturated carbocycles. The number of aromatic nitrogens is 2. The Morgan fingerprint density at radius 3 is 2.83 bits per heavy atom. The Balaban J connectivity index is 2.83. The molecule has 1 aromatic rings. The first-order valence-corrected chi connectivity index (χ1v) is 6.27. The second kappa shape index (κ2) is 6.80. The number of aryl methyl sites for hydroxylation is 1. The molecule has 0 aromatic carbocycles. The summed E-state index contributed by atoms with van der Waals surface area (Å²) in [4.78, 5) is 10.7. The molecule has 1 unspecified atom stereocenters. The predicted octanol–water partition coefficient (Wildman–Crippen LogP) is 2.35. The van der Waals surface area contributed by atoms with E-state index in [1.165, 1.54) is 0 Å². The molecule has 0 spiro atoms. The summed E-state index contributed by atoms with van der Waals surface area (Å²) >= 11 is 0. The normalized spacial score (nSPS) is 11.7. The first kappa shape index (κ1) is 14.2. The van der Waals surface area contributed by atoms with Crippen molar-refractivity contribution in [3.05, 3.63) is 11.9 Å². The van der Waals surface area contributed by atoms with Crippen LogP contribution in [0.1, 0.15) is 32.5 Å². The van der Waals surface area contributed by atoms with Gasteiger partial charge in [-0.3, -0.25) is 0 Å². The number of anilines is 2. The van der Waals surface area contributed by atoms with Crippen LogP contribution < -0.4 is 10.2 Å². The molecule has 0 aliphatic carbocycles. The maximum atomic E-state index is 8.60. The van der Waals surface area contributed by atoms with Gasteiger partial charge in [0.25, 0.3) is 0 Å². The number of nitrogens with zero attached hydrogens (tertiary/aromatic N) is 4. The van der Waals surface area contributed by atoms with Crippen LogP contribution in [0.2, 0.25) is 0 Å². The van der Waals surface area contributed by atoms with E-state index in [1.54, 1.807) is 0 Å². The van der Waals surface area contributed by atoms with E-state index in [0.717, 1.165) is 23.9 Å². The fourth-order valence-electron chi connectivity index (χ4n) is 1.51. The summed E-state index contributed by atoms with van der Waals surface area (Å²) in [5.41, 5.74) is 0. The van der Waals surface area contributed by atoms with Gasteiger partial charge in [-0.15, -0.1) is 0 Å². The fraction of sp³-hybridized carbons (Fsp3) is 0.615. The van der Waals surface area contributed by atoms with Gasteiger partial charge in [0.1, 0.15) is 17.5 Å². The third-order valence-corrected chi connectivity index (χ3v) is 2.78. The van der Waals surface area contributed by atoms with Crippen LogP contribution in [0.4, 0.5) is 11.6 Å². The van der Waals surface area contributed by atoms with Crippen molar-refractivity contribution in [3.63, 3.8) is 0 Å². The lowest BCUT2D eigenvalue weighted by atomic mass is 10.2. The zero-order valence-electron chi connectivity index (χ0n) is 11.6. The quantitative estimate of drug-likeness (QED) is 0.836. The molecule has 0 bridgehead atoms. The van der Waals surface area contributed by atoms with Crippen LogP contribution in [0.3, 0.4) is 0 Å². The summed E-state index contributed by atoms with van der Waals surface area (Å²) in [6.07, 6.45) is 1.54. The zero-order valence-corrected chi connectivity index (χ0v) is 11.6. The summed E-state index contributed by atoms with van der Waals surface area (Å²) in [6, 6.07) is 4.45. The fourth-order valence-corrected chi connectivity index (χ4v) is 1.51. The van der Waals surface area contributed by atoms with Gasteiger partial charge in [-0.05, 0) is 20.3 Å². The Bertz CT molecular complexity index is 424. The van der Waals surface area contributed by atoms with Gasteiger partial charge >= 0.3 is 0 Å². The maximum absolute atomic E-state index is 8.60. The second-order valence-electron chi connectivity index (χ2n) is 4.44. The number of hydrogen-bond acceptors (Lipinski definition) is 5. The van der Waals surface area contributed by atoms with Crippen LogP contribution in [0, 0.1) is 18.3 Å². The smallest absolute Gasteiger partial charge is 0.134 e. The molecular formula is C13H21N5. The second-order valence-corrected chi connectivity index (χ2v) is 4.44. The topological polar surface area (TPSA) is 64.8 Å². The SMILES string of the molecule is CCC(C)Nc1cc(N(C)CCC#N)nc(C)n1. The van der Waals surface area contributed by atoms with Gasteiger partial charge in [0.15, 0.2) is 0 Å². The Labute approximate surface area is 109 Å². The van der Waals surface area contributed by atoms with Gasteiger partial charge in [-0.25, -0.2) is 9.97 Å². The molecule has 5 heteroatoms. The third-order valence-electron chi connectivity index (χ3n) is 2.78. The van der Waals surface area contributed by atoms with Crippen LogP contribution in [-0.2, 0) is 0 Å². The molecule has 1 aromatic heterocycles. The first-order chi connectivity index (χ1) is 8.56. The minimum atomic E-state index is 0.386. The molecule has 0 aliphatic heterocycles. The highest BCUT2D eigenvalue weighted by Gasteiger charge is 2.07. The summed E-state index contributed by atoms with van der Waals surface area (Å²) in [5.74, 6) is 2.43. The molecule has 1 atom stereocenters. The van der Waals surface area contributed by atoms with Crippen LogP contribution in [-0.4, -0.2) is 29.6 Å². The molecular weight excluding hydrogens is 226 g/mol. The standard InChI is InChI=1S/C13H21N5/c1-5-10(2)15-12-9-13(17-11(3)16-12)18(4)8-6-7-14/h9-10H,5-6,8H2,1-4H3,(H,15,16,17). The number of hydrogen-bond donors (Lipinski definition) is 1. The van der Waals surface area contributed by atoms with Crippen LogP contribution in [0.25, 0.3) is 0 Å². The Kier molecular flexibility index (Phi) is 5.37. The van der Waals surface area contributed by atoms with E-state index in [0.29, 0.717) is 19.0 Å². The summed E-state index contributed by atoms with van der Waals surface area (Å²) in [7, 11) is 1.94. The molecule has 0 radical (unpaired) electrons. The van der Waals surface area contributed by atoms with E-state index >= 15 is 0 Å². The van der Waals surface area contributed by atoms with Gasteiger partial charge < -0.3 is 10.2 Å². The van der Waals surface area contributed by atoms with Crippen molar-refractivity contribution in [2.75, 3.05) is 23.8 Å². The summed E-state index contributed by atoms with van der Waals surface area (Å²) in [6.45, 7) is 6.81. The number of nitrogens with one attached hydrogen (secondary N) is 1. The van der Waals surface area contributed by atoms with Crippen LogP contribution >= 0.6 is 0 Å². The Morgan fingerprint density at radius 1 is 1.50 bits per heavy atom. The van der Waals surface area contributed by atoms with Crippen molar-refractivity contribution < 1.29 is 0 Å². The molecule has 1 N–H and O–H groups in total. The van der Waals surface area contributed by atoms with Crippen LogP contribution in [0.5, 0.6) is 0 Å². The third kappa shape index (κ3) is 4.21. The first-order valence-electron chi connectivity index (χ1n) is 6.27. The average Bonchev–Trinajstić information content (AvgIpc) is 2.34. The van der Waals surface area contributed by atoms with Crippen molar-refractivity contribution in [2.24, 2.45) is 0 Å². The molecule has 1 heterocycles. The molecule has 0 saturated heterocycles. The van der Waals surface area contributed by atoms with Gasteiger partial charge in [-0.2, -0.15) is 5.26 Å². The minimum Gasteiger partial charge on any atom is -0.367 e. The van der Waals surface area contributed by atoms with E-state index in [9.17, 15) is 0 Å². The van der Waals surface area contributed by atoms with Crippen LogP contribution in [0.15, 0.2) is 6.07 Å². The van der Waals surface area contributed by atoms with E-state index in [2.05, 4.69) is 35.2 Å². The highest BCUT2D eigenvalue weighted by molar-refractivity contribution is 5.49. The Morgan fingerprint density at radius 2 is 2.22 bits per heavy atom. The molecule has 1 rings (SSSR count). The predicted molar refractivity (Wildman–Crippen MR) is 73.6 cm³/mol. The molecule has 0 fully saturated rings. The van der Waals surface area contributed by atoms with E-state index in [1.807, 2.05) is 24.9 Å². The Hall–Kier alpha value is -1.83. The number of rotatable bonds is 6.